The molecule has 2 aromatic carbocycles. The summed E-state index contributed by atoms with van der Waals surface area (Å²) in [7, 11) is 0. The lowest BCUT2D eigenvalue weighted by Crippen LogP contribution is -1.99. The van der Waals surface area contributed by atoms with Crippen molar-refractivity contribution in [3.8, 4) is 0 Å². The molecule has 0 nitrogen and oxygen atoms in total. The maximum atomic E-state index is 13.9. The summed E-state index contributed by atoms with van der Waals surface area (Å²) in [5.41, 5.74) is 4.79. The van der Waals surface area contributed by atoms with Gasteiger partial charge < -0.3 is 0 Å². The van der Waals surface area contributed by atoms with E-state index in [1.54, 1.807) is 6.08 Å². The van der Waals surface area contributed by atoms with Crippen LogP contribution < -0.4 is 0 Å². The van der Waals surface area contributed by atoms with Gasteiger partial charge in [-0.1, -0.05) is 74.5 Å². The Morgan fingerprint density at radius 2 is 1.58 bits per heavy atom. The van der Waals surface area contributed by atoms with Gasteiger partial charge in [-0.25, -0.2) is 4.39 Å². The highest BCUT2D eigenvalue weighted by molar-refractivity contribution is 5.27. The minimum absolute atomic E-state index is 0.0924. The number of benzene rings is 2. The van der Waals surface area contributed by atoms with E-state index in [1.807, 2.05) is 19.9 Å². The van der Waals surface area contributed by atoms with E-state index in [0.29, 0.717) is 11.5 Å². The van der Waals surface area contributed by atoms with Crippen LogP contribution in [0.2, 0.25) is 0 Å². The van der Waals surface area contributed by atoms with Crippen LogP contribution in [0, 0.1) is 5.92 Å². The van der Waals surface area contributed by atoms with Crippen molar-refractivity contribution in [1.29, 1.82) is 0 Å². The average molecular weight is 351 g/mol. The smallest absolute Gasteiger partial charge is 0.122 e. The molecule has 0 saturated heterocycles. The fourth-order valence-corrected chi connectivity index (χ4v) is 3.09. The van der Waals surface area contributed by atoms with Crippen molar-refractivity contribution in [1.82, 2.24) is 0 Å². The third-order valence-electron chi connectivity index (χ3n) is 5.06. The molecular formula is C25H31F. The lowest BCUT2D eigenvalue weighted by molar-refractivity contribution is 0.593. The first-order valence-corrected chi connectivity index (χ1v) is 9.63. The molecular weight excluding hydrogens is 319 g/mol. The molecule has 0 aromatic heterocycles. The van der Waals surface area contributed by atoms with E-state index in [2.05, 4.69) is 68.4 Å². The van der Waals surface area contributed by atoms with E-state index >= 15 is 0 Å². The number of hydrogen-bond donors (Lipinski definition) is 0. The van der Waals surface area contributed by atoms with Crippen molar-refractivity contribution < 1.29 is 4.39 Å². The Morgan fingerprint density at radius 3 is 2.19 bits per heavy atom. The number of allylic oxidation sites excluding steroid dienone is 4. The Kier molecular flexibility index (Phi) is 7.84. The molecule has 0 fully saturated rings. The first kappa shape index (κ1) is 20.2. The minimum Gasteiger partial charge on any atom is -0.207 e. The second-order valence-corrected chi connectivity index (χ2v) is 7.33. The molecule has 0 aliphatic rings. The zero-order valence-electron chi connectivity index (χ0n) is 16.5. The number of halogens is 1. The third-order valence-corrected chi connectivity index (χ3v) is 5.06. The second-order valence-electron chi connectivity index (χ2n) is 7.33. The maximum absolute atomic E-state index is 13.9. The predicted molar refractivity (Wildman–Crippen MR) is 111 cm³/mol. The topological polar surface area (TPSA) is 0 Å². The van der Waals surface area contributed by atoms with Crippen molar-refractivity contribution in [2.75, 3.05) is 0 Å². The van der Waals surface area contributed by atoms with Crippen molar-refractivity contribution in [3.63, 3.8) is 0 Å². The normalized spacial score (nSPS) is 15.0. The van der Waals surface area contributed by atoms with Gasteiger partial charge in [-0.3, -0.25) is 0 Å². The molecule has 0 bridgehead atoms. The molecule has 0 saturated carbocycles. The van der Waals surface area contributed by atoms with Crippen molar-refractivity contribution in [3.05, 3.63) is 94.8 Å². The zero-order chi connectivity index (χ0) is 18.9. The van der Waals surface area contributed by atoms with Crippen LogP contribution in [0.15, 0.2) is 78.1 Å². The molecule has 2 atom stereocenters. The molecule has 2 rings (SSSR count). The van der Waals surface area contributed by atoms with Crippen LogP contribution in [0.3, 0.4) is 0 Å². The lowest BCUT2D eigenvalue weighted by atomic mass is 9.92. The Morgan fingerprint density at radius 1 is 0.962 bits per heavy atom. The van der Waals surface area contributed by atoms with E-state index in [-0.39, 0.29) is 11.7 Å². The van der Waals surface area contributed by atoms with Crippen LogP contribution in [0.25, 0.3) is 0 Å². The standard InChI is InChI=1S/C25H31F/c1-5-20(3)25(26)17-19(2)11-12-22-13-15-23(16-14-22)18-21(4)24-9-7-6-8-10-24/h5-10,13-17,19,21H,11-12,18H2,1-4H3/b20-5-,25-17+/t19?,21-/m0/s1. The van der Waals surface area contributed by atoms with Crippen LogP contribution in [-0.2, 0) is 12.8 Å². The molecule has 2 aromatic rings. The number of rotatable bonds is 8. The Bertz CT molecular complexity index is 723. The molecule has 0 spiro atoms. The Hall–Kier alpha value is -2.15. The van der Waals surface area contributed by atoms with Gasteiger partial charge in [0.15, 0.2) is 0 Å². The van der Waals surface area contributed by atoms with Crippen molar-refractivity contribution in [2.45, 2.75) is 52.9 Å². The summed E-state index contributed by atoms with van der Waals surface area (Å²) in [6, 6.07) is 19.6. The monoisotopic (exact) mass is 350 g/mol. The van der Waals surface area contributed by atoms with E-state index in [0.717, 1.165) is 19.3 Å². The largest absolute Gasteiger partial charge is 0.207 e. The maximum Gasteiger partial charge on any atom is 0.122 e. The molecule has 138 valence electrons. The lowest BCUT2D eigenvalue weighted by Gasteiger charge is -2.13. The van der Waals surface area contributed by atoms with Crippen molar-refractivity contribution in [2.24, 2.45) is 5.92 Å². The molecule has 0 heterocycles. The highest BCUT2D eigenvalue weighted by Crippen LogP contribution is 2.21. The summed E-state index contributed by atoms with van der Waals surface area (Å²) in [6.45, 7) is 8.04. The summed E-state index contributed by atoms with van der Waals surface area (Å²) in [5.74, 6) is 0.665. The summed E-state index contributed by atoms with van der Waals surface area (Å²) < 4.78 is 13.9. The number of aryl methyl sites for hydroxylation is 1. The summed E-state index contributed by atoms with van der Waals surface area (Å²) in [4.78, 5) is 0. The number of hydrogen-bond acceptors (Lipinski definition) is 0. The molecule has 0 aliphatic carbocycles. The summed E-state index contributed by atoms with van der Waals surface area (Å²) in [6.07, 6.45) is 6.55. The molecule has 0 aliphatic heterocycles. The molecule has 0 radical (unpaired) electrons. The third kappa shape index (κ3) is 6.29. The minimum atomic E-state index is -0.0924. The first-order valence-electron chi connectivity index (χ1n) is 9.63. The average Bonchev–Trinajstić information content (AvgIpc) is 2.67. The Labute approximate surface area is 158 Å². The van der Waals surface area contributed by atoms with E-state index in [4.69, 9.17) is 0 Å². The SMILES string of the molecule is C/C=C(C)\C(F)=C/C(C)CCc1ccc(C[C@H](C)c2ccccc2)cc1. The van der Waals surface area contributed by atoms with Crippen LogP contribution in [-0.4, -0.2) is 0 Å². The van der Waals surface area contributed by atoms with Gasteiger partial charge in [-0.2, -0.15) is 0 Å². The molecule has 26 heavy (non-hydrogen) atoms. The quantitative estimate of drug-likeness (QED) is 0.434. The van der Waals surface area contributed by atoms with Gasteiger partial charge in [0.05, 0.1) is 0 Å². The predicted octanol–water partition coefficient (Wildman–Crippen LogP) is 7.42. The van der Waals surface area contributed by atoms with Gasteiger partial charge in [-0.15, -0.1) is 0 Å². The van der Waals surface area contributed by atoms with E-state index < -0.39 is 0 Å². The van der Waals surface area contributed by atoms with Crippen LogP contribution in [0.4, 0.5) is 4.39 Å². The van der Waals surface area contributed by atoms with Gasteiger partial charge in [0.2, 0.25) is 0 Å². The van der Waals surface area contributed by atoms with Crippen LogP contribution >= 0.6 is 0 Å². The van der Waals surface area contributed by atoms with Gasteiger partial charge in [0, 0.05) is 0 Å². The fourth-order valence-electron chi connectivity index (χ4n) is 3.09. The van der Waals surface area contributed by atoms with Gasteiger partial charge in [0.1, 0.15) is 5.83 Å². The highest BCUT2D eigenvalue weighted by atomic mass is 19.1. The fraction of sp³-hybridized carbons (Fsp3) is 0.360. The van der Waals surface area contributed by atoms with Crippen molar-refractivity contribution >= 4 is 0 Å². The van der Waals surface area contributed by atoms with Crippen LogP contribution in [0.5, 0.6) is 0 Å². The van der Waals surface area contributed by atoms with Gasteiger partial charge in [0.25, 0.3) is 0 Å². The van der Waals surface area contributed by atoms with Gasteiger partial charge >= 0.3 is 0 Å². The highest BCUT2D eigenvalue weighted by Gasteiger charge is 2.07. The Balaban J connectivity index is 1.87. The molecule has 0 amide bonds. The molecule has 0 N–H and O–H groups in total. The van der Waals surface area contributed by atoms with Crippen LogP contribution in [0.1, 0.15) is 56.7 Å². The first-order chi connectivity index (χ1) is 12.5. The van der Waals surface area contributed by atoms with E-state index in [9.17, 15) is 4.39 Å². The second kappa shape index (κ2) is 10.1. The molecule has 1 unspecified atom stereocenters. The summed E-state index contributed by atoms with van der Waals surface area (Å²) >= 11 is 0. The molecule has 1 heteroatoms. The summed E-state index contributed by atoms with van der Waals surface area (Å²) in [5, 5.41) is 0. The van der Waals surface area contributed by atoms with E-state index in [1.165, 1.54) is 16.7 Å². The van der Waals surface area contributed by atoms with Gasteiger partial charge in [-0.05, 0) is 73.3 Å². The zero-order valence-corrected chi connectivity index (χ0v) is 16.5.